The molecule has 0 saturated heterocycles. The molecule has 4 aromatic rings. The first-order chi connectivity index (χ1) is 15.9. The van der Waals surface area contributed by atoms with Crippen LogP contribution in [0.4, 0.5) is 0 Å². The maximum Gasteiger partial charge on any atom is 0.268 e. The van der Waals surface area contributed by atoms with E-state index in [1.54, 1.807) is 30.5 Å². The van der Waals surface area contributed by atoms with E-state index in [-0.39, 0.29) is 11.6 Å². The van der Waals surface area contributed by atoms with Crippen LogP contribution in [-0.2, 0) is 16.4 Å². The van der Waals surface area contributed by atoms with Crippen molar-refractivity contribution in [3.63, 3.8) is 0 Å². The van der Waals surface area contributed by atoms with Crippen molar-refractivity contribution < 1.29 is 12.8 Å². The summed E-state index contributed by atoms with van der Waals surface area (Å²) in [6.45, 7) is 4.45. The molecule has 0 saturated carbocycles. The summed E-state index contributed by atoms with van der Waals surface area (Å²) in [6.07, 6.45) is 2.22. The summed E-state index contributed by atoms with van der Waals surface area (Å²) in [5, 5.41) is 11.5. The first-order valence-electron chi connectivity index (χ1n) is 10.7. The van der Waals surface area contributed by atoms with Gasteiger partial charge in [0.25, 0.3) is 5.89 Å². The van der Waals surface area contributed by atoms with Crippen LogP contribution in [0.25, 0.3) is 34.3 Å². The van der Waals surface area contributed by atoms with Gasteiger partial charge in [-0.25, -0.2) is 13.4 Å². The molecule has 2 heterocycles. The number of aryl methyl sites for hydroxylation is 1. The molecule has 170 valence electrons. The van der Waals surface area contributed by atoms with Gasteiger partial charge in [0.2, 0.25) is 5.89 Å². The average molecular weight is 464 g/mol. The lowest BCUT2D eigenvalue weighted by atomic mass is 10.1. The highest BCUT2D eigenvalue weighted by molar-refractivity contribution is 7.91. The average Bonchev–Trinajstić information content (AvgIpc) is 3.30. The molecule has 9 heteroatoms. The van der Waals surface area contributed by atoms with E-state index >= 15 is 0 Å². The van der Waals surface area contributed by atoms with E-state index < -0.39 is 9.84 Å². The van der Waals surface area contributed by atoms with E-state index in [4.69, 9.17) is 4.42 Å². The second-order valence-electron chi connectivity index (χ2n) is 7.67. The Labute approximate surface area is 193 Å². The molecule has 0 aliphatic heterocycles. The summed E-state index contributed by atoms with van der Waals surface area (Å²) in [4.78, 5) is 9.40. The van der Waals surface area contributed by atoms with Crippen LogP contribution in [0.5, 0.6) is 0 Å². The van der Waals surface area contributed by atoms with Crippen molar-refractivity contribution in [3.05, 3.63) is 66.0 Å². The topological polar surface area (TPSA) is 111 Å². The van der Waals surface area contributed by atoms with Gasteiger partial charge < -0.3 is 9.73 Å². The standard InChI is InChI=1S/C24H25N5O3S/c1-4-13-33(30,31)20-11-9-18(10-12-20)21-15-26-16(2)22(27-21)24-29-28-23(32-24)19-7-5-17(6-8-19)14-25-3/h5-12,15,25H,4,13-14H2,1-3H3. The third kappa shape index (κ3) is 4.99. The third-order valence-corrected chi connectivity index (χ3v) is 7.08. The smallest absolute Gasteiger partial charge is 0.268 e. The fraction of sp³-hybridized carbons (Fsp3) is 0.250. The largest absolute Gasteiger partial charge is 0.415 e. The van der Waals surface area contributed by atoms with Crippen molar-refractivity contribution in [2.75, 3.05) is 12.8 Å². The van der Waals surface area contributed by atoms with Gasteiger partial charge in [-0.05, 0) is 50.2 Å². The number of nitrogens with one attached hydrogen (secondary N) is 1. The maximum atomic E-state index is 12.3. The van der Waals surface area contributed by atoms with Crippen LogP contribution in [0.15, 0.2) is 64.0 Å². The van der Waals surface area contributed by atoms with E-state index in [9.17, 15) is 8.42 Å². The highest BCUT2D eigenvalue weighted by Gasteiger charge is 2.17. The van der Waals surface area contributed by atoms with Crippen molar-refractivity contribution in [2.24, 2.45) is 0 Å². The third-order valence-electron chi connectivity index (χ3n) is 5.15. The van der Waals surface area contributed by atoms with Crippen LogP contribution in [0.3, 0.4) is 0 Å². The maximum absolute atomic E-state index is 12.3. The molecule has 0 atom stereocenters. The second-order valence-corrected chi connectivity index (χ2v) is 9.78. The minimum Gasteiger partial charge on any atom is -0.415 e. The number of aromatic nitrogens is 4. The van der Waals surface area contributed by atoms with Crippen LogP contribution in [0.1, 0.15) is 24.6 Å². The SMILES string of the molecule is CCCS(=O)(=O)c1ccc(-c2cnc(C)c(-c3nnc(-c4ccc(CNC)cc4)o3)n2)cc1. The molecule has 0 fully saturated rings. The van der Waals surface area contributed by atoms with E-state index in [2.05, 4.69) is 25.5 Å². The lowest BCUT2D eigenvalue weighted by Gasteiger charge is -2.07. The van der Waals surface area contributed by atoms with Crippen molar-refractivity contribution in [1.29, 1.82) is 0 Å². The molecule has 0 aliphatic carbocycles. The summed E-state index contributed by atoms with van der Waals surface area (Å²) < 4.78 is 30.4. The molecule has 0 unspecified atom stereocenters. The number of rotatable bonds is 8. The molecule has 0 spiro atoms. The summed E-state index contributed by atoms with van der Waals surface area (Å²) in [7, 11) is -1.37. The predicted molar refractivity (Wildman–Crippen MR) is 126 cm³/mol. The van der Waals surface area contributed by atoms with Gasteiger partial charge in [-0.15, -0.1) is 10.2 Å². The number of hydrogen-bond acceptors (Lipinski definition) is 8. The molecule has 0 aliphatic rings. The Morgan fingerprint density at radius 2 is 1.61 bits per heavy atom. The van der Waals surface area contributed by atoms with E-state index in [0.29, 0.717) is 34.3 Å². The van der Waals surface area contributed by atoms with E-state index in [0.717, 1.165) is 23.2 Å². The zero-order chi connectivity index (χ0) is 23.4. The molecule has 0 amide bonds. The number of benzene rings is 2. The van der Waals surface area contributed by atoms with Crippen LogP contribution < -0.4 is 5.32 Å². The summed E-state index contributed by atoms with van der Waals surface area (Å²) in [5.41, 5.74) is 4.45. The first kappa shape index (κ1) is 22.8. The van der Waals surface area contributed by atoms with Gasteiger partial charge in [0.05, 0.1) is 28.2 Å². The zero-order valence-corrected chi connectivity index (χ0v) is 19.6. The Kier molecular flexibility index (Phi) is 6.62. The lowest BCUT2D eigenvalue weighted by molar-refractivity contribution is 0.581. The van der Waals surface area contributed by atoms with Crippen molar-refractivity contribution in [1.82, 2.24) is 25.5 Å². The van der Waals surface area contributed by atoms with Crippen molar-refractivity contribution >= 4 is 9.84 Å². The number of sulfone groups is 1. The van der Waals surface area contributed by atoms with Gasteiger partial charge in [0, 0.05) is 17.7 Å². The molecular formula is C24H25N5O3S. The molecule has 4 rings (SSSR count). The molecule has 8 nitrogen and oxygen atoms in total. The van der Waals surface area contributed by atoms with Crippen molar-refractivity contribution in [3.8, 4) is 34.3 Å². The van der Waals surface area contributed by atoms with Gasteiger partial charge >= 0.3 is 0 Å². The van der Waals surface area contributed by atoms with Gasteiger partial charge in [-0.2, -0.15) is 0 Å². The van der Waals surface area contributed by atoms with Crippen LogP contribution >= 0.6 is 0 Å². The Morgan fingerprint density at radius 3 is 2.27 bits per heavy atom. The number of nitrogens with zero attached hydrogens (tertiary/aromatic N) is 4. The molecule has 2 aromatic carbocycles. The zero-order valence-electron chi connectivity index (χ0n) is 18.7. The molecule has 0 radical (unpaired) electrons. The van der Waals surface area contributed by atoms with Gasteiger partial charge in [-0.3, -0.25) is 4.98 Å². The Hall–Kier alpha value is -3.43. The molecule has 0 bridgehead atoms. The molecule has 2 aromatic heterocycles. The van der Waals surface area contributed by atoms with Crippen molar-refractivity contribution in [2.45, 2.75) is 31.7 Å². The Bertz CT molecular complexity index is 1350. The van der Waals surface area contributed by atoms with Gasteiger partial charge in [-0.1, -0.05) is 31.2 Å². The number of hydrogen-bond donors (Lipinski definition) is 1. The van der Waals surface area contributed by atoms with Crippen LogP contribution in [-0.4, -0.2) is 41.4 Å². The monoisotopic (exact) mass is 463 g/mol. The van der Waals surface area contributed by atoms with E-state index in [1.807, 2.05) is 45.2 Å². The second kappa shape index (κ2) is 9.60. The quantitative estimate of drug-likeness (QED) is 0.416. The summed E-state index contributed by atoms with van der Waals surface area (Å²) >= 11 is 0. The predicted octanol–water partition coefficient (Wildman–Crippen LogP) is 4.07. The normalized spacial score (nSPS) is 11.6. The minimum absolute atomic E-state index is 0.124. The minimum atomic E-state index is -3.27. The van der Waals surface area contributed by atoms with E-state index in [1.165, 1.54) is 0 Å². The molecular weight excluding hydrogens is 438 g/mol. The highest BCUT2D eigenvalue weighted by Crippen LogP contribution is 2.27. The lowest BCUT2D eigenvalue weighted by Crippen LogP contribution is -2.05. The summed E-state index contributed by atoms with van der Waals surface area (Å²) in [6, 6.07) is 14.6. The highest BCUT2D eigenvalue weighted by atomic mass is 32.2. The van der Waals surface area contributed by atoms with Crippen LogP contribution in [0, 0.1) is 6.92 Å². The molecule has 1 N–H and O–H groups in total. The van der Waals surface area contributed by atoms with Gasteiger partial charge in [0.15, 0.2) is 9.84 Å². The van der Waals surface area contributed by atoms with Gasteiger partial charge in [0.1, 0.15) is 5.69 Å². The Morgan fingerprint density at radius 1 is 0.939 bits per heavy atom. The summed E-state index contributed by atoms with van der Waals surface area (Å²) in [5.74, 6) is 0.801. The first-order valence-corrected chi connectivity index (χ1v) is 12.3. The molecule has 33 heavy (non-hydrogen) atoms. The fourth-order valence-electron chi connectivity index (χ4n) is 3.42. The van der Waals surface area contributed by atoms with Crippen LogP contribution in [0.2, 0.25) is 0 Å². The fourth-order valence-corrected chi connectivity index (χ4v) is 4.74. The Balaban J connectivity index is 1.62.